The number of hydrogen-bond acceptors (Lipinski definition) is 7. The van der Waals surface area contributed by atoms with Crippen LogP contribution < -0.4 is 10.2 Å². The van der Waals surface area contributed by atoms with Crippen LogP contribution in [-0.4, -0.2) is 36.0 Å². The van der Waals surface area contributed by atoms with Crippen molar-refractivity contribution in [2.75, 3.05) is 18.1 Å². The number of rotatable bonds is 6. The van der Waals surface area contributed by atoms with Crippen LogP contribution in [0.3, 0.4) is 0 Å². The molecule has 1 aliphatic heterocycles. The fraction of sp³-hybridized carbons (Fsp3) is 0.188. The number of anilines is 1. The molecular weight excluding hydrogens is 398 g/mol. The number of imide groups is 1. The topological polar surface area (TPSA) is 119 Å². The molecule has 1 atom stereocenters. The van der Waals surface area contributed by atoms with Gasteiger partial charge in [-0.2, -0.15) is 0 Å². The van der Waals surface area contributed by atoms with E-state index < -0.39 is 28.7 Å². The maximum absolute atomic E-state index is 12.9. The third-order valence-corrected chi connectivity index (χ3v) is 4.93. The van der Waals surface area contributed by atoms with Gasteiger partial charge >= 0.3 is 6.03 Å². The van der Waals surface area contributed by atoms with Gasteiger partial charge in [0.25, 0.3) is 11.0 Å². The molecule has 0 radical (unpaired) electrons. The molecule has 0 saturated carbocycles. The van der Waals surface area contributed by atoms with Crippen molar-refractivity contribution in [2.24, 2.45) is 0 Å². The molecule has 0 fully saturated rings. The van der Waals surface area contributed by atoms with Crippen LogP contribution in [0.2, 0.25) is 5.02 Å². The molecular formula is C16H12ClN3O6S. The van der Waals surface area contributed by atoms with Gasteiger partial charge in [0.1, 0.15) is 12.5 Å². The van der Waals surface area contributed by atoms with E-state index in [1.165, 1.54) is 29.5 Å². The Morgan fingerprint density at radius 2 is 2.15 bits per heavy atom. The molecule has 1 aromatic carbocycles. The molecule has 1 aliphatic rings. The molecule has 9 nitrogen and oxygen atoms in total. The third-order valence-electron chi connectivity index (χ3n) is 3.81. The summed E-state index contributed by atoms with van der Waals surface area (Å²) < 4.78 is 0. The van der Waals surface area contributed by atoms with E-state index >= 15 is 0 Å². The first kappa shape index (κ1) is 18.8. The average molecular weight is 410 g/mol. The number of hydrogen-bond donors (Lipinski definition) is 1. The second kappa shape index (κ2) is 7.72. The van der Waals surface area contributed by atoms with E-state index in [-0.39, 0.29) is 18.8 Å². The van der Waals surface area contributed by atoms with Crippen LogP contribution in [0.4, 0.5) is 10.5 Å². The van der Waals surface area contributed by atoms with Crippen LogP contribution in [0.1, 0.15) is 21.2 Å². The Labute approximate surface area is 161 Å². The highest BCUT2D eigenvalue weighted by atomic mass is 35.5. The Kier molecular flexibility index (Phi) is 5.38. The highest BCUT2D eigenvalue weighted by molar-refractivity contribution is 7.12. The van der Waals surface area contributed by atoms with Crippen LogP contribution >= 0.6 is 22.9 Å². The normalized spacial score (nSPS) is 15.4. The quantitative estimate of drug-likeness (QED) is 0.257. The summed E-state index contributed by atoms with van der Waals surface area (Å²) in [5.41, 5.74) is 0.578. The van der Waals surface area contributed by atoms with Gasteiger partial charge in [-0.1, -0.05) is 17.7 Å². The number of nitrogens with one attached hydrogen (secondary N) is 1. The van der Waals surface area contributed by atoms with Gasteiger partial charge in [-0.05, 0) is 35.2 Å². The summed E-state index contributed by atoms with van der Waals surface area (Å²) >= 11 is 7.20. The fourth-order valence-electron chi connectivity index (χ4n) is 2.72. The number of carbonyl (C=O) groups is 3. The fourth-order valence-corrected chi connectivity index (χ4v) is 3.60. The van der Waals surface area contributed by atoms with E-state index in [0.717, 1.165) is 4.90 Å². The predicted octanol–water partition coefficient (Wildman–Crippen LogP) is 2.63. The van der Waals surface area contributed by atoms with E-state index in [1.54, 1.807) is 17.5 Å². The number of halogens is 1. The maximum Gasteiger partial charge on any atom is 0.328 e. The lowest BCUT2D eigenvalue weighted by Crippen LogP contribution is -2.44. The van der Waals surface area contributed by atoms with Crippen molar-refractivity contribution < 1.29 is 24.3 Å². The molecule has 0 saturated heterocycles. The van der Waals surface area contributed by atoms with Gasteiger partial charge < -0.3 is 10.2 Å². The lowest BCUT2D eigenvalue weighted by Gasteiger charge is -2.16. The number of carbonyl (C=O) groups excluding carboxylic acids is 3. The molecule has 1 unspecified atom stereocenters. The lowest BCUT2D eigenvalue weighted by molar-refractivity contribution is -0.757. The van der Waals surface area contributed by atoms with Gasteiger partial charge in [-0.25, -0.2) is 9.69 Å². The molecule has 2 heterocycles. The van der Waals surface area contributed by atoms with E-state index in [9.17, 15) is 24.5 Å². The number of Topliss-reactive ketones (excluding diaryl/α,β-unsaturated/α-hetero) is 1. The molecule has 1 aromatic heterocycles. The number of fused-ring (bicyclic) bond motifs is 1. The summed E-state index contributed by atoms with van der Waals surface area (Å²) in [6.07, 6.45) is 0. The molecule has 0 spiro atoms. The standard InChI is InChI=1S/C16H12ClN3O6S/c17-9-3-4-11-10(8-9)13(14(21)12-2-1-7-27-12)15(22)19(11)16(23)18-5-6-26-20(24)25/h1-4,7-8,13H,5-6H2,(H,18,23). The van der Waals surface area contributed by atoms with Crippen LogP contribution in [0, 0.1) is 10.1 Å². The molecule has 1 N–H and O–H groups in total. The number of thiophene rings is 1. The Morgan fingerprint density at radius 1 is 1.37 bits per heavy atom. The SMILES string of the molecule is O=C(c1cccs1)C1C(=O)N(C(=O)NCCO[N+](=O)[O-])c2ccc(Cl)cc21. The van der Waals surface area contributed by atoms with Gasteiger partial charge in [0, 0.05) is 11.6 Å². The first-order chi connectivity index (χ1) is 12.9. The highest BCUT2D eigenvalue weighted by Crippen LogP contribution is 2.41. The number of urea groups is 1. The minimum absolute atomic E-state index is 0.184. The Hall–Kier alpha value is -2.98. The number of benzene rings is 1. The van der Waals surface area contributed by atoms with Crippen LogP contribution in [0.5, 0.6) is 0 Å². The van der Waals surface area contributed by atoms with Crippen molar-refractivity contribution in [1.82, 2.24) is 5.32 Å². The molecule has 0 bridgehead atoms. The maximum atomic E-state index is 12.9. The summed E-state index contributed by atoms with van der Waals surface area (Å²) in [6, 6.07) is 6.94. The summed E-state index contributed by atoms with van der Waals surface area (Å²) in [4.78, 5) is 53.6. The highest BCUT2D eigenvalue weighted by Gasteiger charge is 2.45. The summed E-state index contributed by atoms with van der Waals surface area (Å²) in [6.45, 7) is -0.554. The minimum atomic E-state index is -1.18. The van der Waals surface area contributed by atoms with Gasteiger partial charge in [0.2, 0.25) is 0 Å². The second-order valence-corrected chi connectivity index (χ2v) is 6.82. The van der Waals surface area contributed by atoms with Crippen LogP contribution in [0.15, 0.2) is 35.7 Å². The Bertz CT molecular complexity index is 917. The lowest BCUT2D eigenvalue weighted by atomic mass is 9.95. The zero-order chi connectivity index (χ0) is 19.6. The molecule has 2 aromatic rings. The predicted molar refractivity (Wildman–Crippen MR) is 96.7 cm³/mol. The number of nitrogens with zero attached hydrogens (tertiary/aromatic N) is 2. The first-order valence-corrected chi connectivity index (χ1v) is 8.92. The van der Waals surface area contributed by atoms with Crippen molar-refractivity contribution in [1.29, 1.82) is 0 Å². The molecule has 140 valence electrons. The van der Waals surface area contributed by atoms with E-state index in [1.807, 2.05) is 0 Å². The van der Waals surface area contributed by atoms with Crippen LogP contribution in [0.25, 0.3) is 0 Å². The second-order valence-electron chi connectivity index (χ2n) is 5.44. The third kappa shape index (κ3) is 3.76. The first-order valence-electron chi connectivity index (χ1n) is 7.66. The van der Waals surface area contributed by atoms with E-state index in [4.69, 9.17) is 11.6 Å². The smallest absolute Gasteiger partial charge is 0.328 e. The van der Waals surface area contributed by atoms with Crippen molar-refractivity contribution >= 4 is 46.3 Å². The van der Waals surface area contributed by atoms with Crippen molar-refractivity contribution in [3.8, 4) is 0 Å². The van der Waals surface area contributed by atoms with Crippen molar-refractivity contribution in [3.05, 3.63) is 61.3 Å². The van der Waals surface area contributed by atoms with Gasteiger partial charge in [-0.3, -0.25) is 9.59 Å². The molecule has 3 rings (SSSR count). The van der Waals surface area contributed by atoms with Crippen LogP contribution in [-0.2, 0) is 9.63 Å². The largest absolute Gasteiger partial charge is 0.335 e. The minimum Gasteiger partial charge on any atom is -0.335 e. The van der Waals surface area contributed by atoms with E-state index in [2.05, 4.69) is 10.2 Å². The molecule has 11 heteroatoms. The van der Waals surface area contributed by atoms with Gasteiger partial charge in [0.05, 0.1) is 10.6 Å². The summed E-state index contributed by atoms with van der Waals surface area (Å²) in [5, 5.41) is 13.5. The molecule has 0 aliphatic carbocycles. The van der Waals surface area contributed by atoms with Crippen molar-refractivity contribution in [2.45, 2.75) is 5.92 Å². The number of amides is 3. The number of ketones is 1. The average Bonchev–Trinajstić information content (AvgIpc) is 3.23. The van der Waals surface area contributed by atoms with E-state index in [0.29, 0.717) is 15.5 Å². The monoisotopic (exact) mass is 409 g/mol. The zero-order valence-electron chi connectivity index (χ0n) is 13.6. The summed E-state index contributed by atoms with van der Waals surface area (Å²) in [5.74, 6) is -2.32. The summed E-state index contributed by atoms with van der Waals surface area (Å²) in [7, 11) is 0. The zero-order valence-corrected chi connectivity index (χ0v) is 15.2. The Balaban J connectivity index is 1.86. The molecule has 3 amide bonds. The van der Waals surface area contributed by atoms with Gasteiger partial charge in [0.15, 0.2) is 5.78 Å². The van der Waals surface area contributed by atoms with Gasteiger partial charge in [-0.15, -0.1) is 21.5 Å². The van der Waals surface area contributed by atoms with Crippen molar-refractivity contribution in [3.63, 3.8) is 0 Å². The Morgan fingerprint density at radius 3 is 2.81 bits per heavy atom. The molecule has 27 heavy (non-hydrogen) atoms.